The first kappa shape index (κ1) is 14.9. The van der Waals surface area contributed by atoms with Crippen LogP contribution in [0.4, 0.5) is 0 Å². The van der Waals surface area contributed by atoms with Crippen molar-refractivity contribution in [2.24, 2.45) is 0 Å². The van der Waals surface area contributed by atoms with E-state index in [0.29, 0.717) is 10.9 Å². The molecule has 0 spiro atoms. The van der Waals surface area contributed by atoms with E-state index in [4.69, 9.17) is 11.6 Å². The van der Waals surface area contributed by atoms with E-state index in [9.17, 15) is 8.42 Å². The largest absolute Gasteiger partial charge is 0.293 e. The first-order valence-corrected chi connectivity index (χ1v) is 8.59. The lowest BCUT2D eigenvalue weighted by Gasteiger charge is -2.26. The third-order valence-corrected chi connectivity index (χ3v) is 4.62. The fourth-order valence-electron chi connectivity index (χ4n) is 1.66. The summed E-state index contributed by atoms with van der Waals surface area (Å²) in [6.07, 6.45) is 2.88. The number of sulfone groups is 1. The second kappa shape index (κ2) is 6.13. The number of hydrogen-bond acceptors (Lipinski definition) is 5. The van der Waals surface area contributed by atoms with Gasteiger partial charge in [-0.05, 0) is 13.5 Å². The smallest absolute Gasteiger partial charge is 0.148 e. The highest BCUT2D eigenvalue weighted by Crippen LogP contribution is 2.20. The van der Waals surface area contributed by atoms with Crippen LogP contribution in [0.5, 0.6) is 0 Å². The van der Waals surface area contributed by atoms with Gasteiger partial charge in [0.1, 0.15) is 19.2 Å². The topological polar surface area (TPSA) is 50.3 Å². The van der Waals surface area contributed by atoms with Crippen molar-refractivity contribution in [3.05, 3.63) is 15.5 Å². The highest BCUT2D eigenvalue weighted by Gasteiger charge is 2.18. The Labute approximate surface area is 112 Å². The van der Waals surface area contributed by atoms with Gasteiger partial charge in [-0.3, -0.25) is 4.90 Å². The average Bonchev–Trinajstić information content (AvgIpc) is 2.57. The first-order chi connectivity index (χ1) is 7.81. The number of thiazole rings is 1. The summed E-state index contributed by atoms with van der Waals surface area (Å²) in [6, 6.07) is -0.0160. The molecule has 0 aliphatic rings. The highest BCUT2D eigenvalue weighted by atomic mass is 35.5. The van der Waals surface area contributed by atoms with Crippen LogP contribution in [0, 0.1) is 0 Å². The standard InChI is InChI=1S/C10H17ClN2O2S2/c1-4-13(8(2)7-17(3,14)15)6-10-12-5-9(11)16-10/h5,8H,4,6-7H2,1-3H3. The van der Waals surface area contributed by atoms with E-state index < -0.39 is 9.84 Å². The maximum Gasteiger partial charge on any atom is 0.148 e. The lowest BCUT2D eigenvalue weighted by atomic mass is 10.3. The van der Waals surface area contributed by atoms with Crippen molar-refractivity contribution < 1.29 is 8.42 Å². The Kier molecular flexibility index (Phi) is 5.37. The molecule has 0 aliphatic carbocycles. The summed E-state index contributed by atoms with van der Waals surface area (Å²) in [7, 11) is -2.95. The number of aromatic nitrogens is 1. The van der Waals surface area contributed by atoms with Crippen molar-refractivity contribution >= 4 is 32.8 Å². The maximum atomic E-state index is 11.3. The molecule has 4 nitrogen and oxygen atoms in total. The molecule has 0 saturated heterocycles. The van der Waals surface area contributed by atoms with Crippen LogP contribution in [-0.2, 0) is 16.4 Å². The molecule has 0 aromatic carbocycles. The lowest BCUT2D eigenvalue weighted by molar-refractivity contribution is 0.226. The van der Waals surface area contributed by atoms with Crippen molar-refractivity contribution in [1.29, 1.82) is 0 Å². The molecule has 1 heterocycles. The van der Waals surface area contributed by atoms with E-state index >= 15 is 0 Å². The van der Waals surface area contributed by atoms with Gasteiger partial charge in [-0.25, -0.2) is 13.4 Å². The van der Waals surface area contributed by atoms with Gasteiger partial charge in [-0.1, -0.05) is 18.5 Å². The van der Waals surface area contributed by atoms with Crippen LogP contribution < -0.4 is 0 Å². The third-order valence-electron chi connectivity index (χ3n) is 2.44. The van der Waals surface area contributed by atoms with Gasteiger partial charge >= 0.3 is 0 Å². The summed E-state index contributed by atoms with van der Waals surface area (Å²) in [4.78, 5) is 6.26. The summed E-state index contributed by atoms with van der Waals surface area (Å²) in [5, 5.41) is 0.914. The second-order valence-corrected chi connectivity index (χ2v) is 7.99. The summed E-state index contributed by atoms with van der Waals surface area (Å²) < 4.78 is 23.2. The van der Waals surface area contributed by atoms with E-state index in [1.807, 2.05) is 13.8 Å². The molecule has 7 heteroatoms. The van der Waals surface area contributed by atoms with E-state index in [-0.39, 0.29) is 11.8 Å². The number of halogens is 1. The van der Waals surface area contributed by atoms with Crippen LogP contribution in [0.25, 0.3) is 0 Å². The average molecular weight is 297 g/mol. The Morgan fingerprint density at radius 1 is 1.59 bits per heavy atom. The molecular weight excluding hydrogens is 280 g/mol. The third kappa shape index (κ3) is 5.33. The number of rotatable bonds is 6. The zero-order valence-corrected chi connectivity index (χ0v) is 12.6. The van der Waals surface area contributed by atoms with Gasteiger partial charge < -0.3 is 0 Å². The maximum absolute atomic E-state index is 11.3. The predicted octanol–water partition coefficient (Wildman–Crippen LogP) is 2.05. The van der Waals surface area contributed by atoms with Crippen LogP contribution in [0.1, 0.15) is 18.9 Å². The molecule has 0 radical (unpaired) electrons. The monoisotopic (exact) mass is 296 g/mol. The zero-order chi connectivity index (χ0) is 13.1. The molecule has 0 N–H and O–H groups in total. The molecular formula is C10H17ClN2O2S2. The van der Waals surface area contributed by atoms with Crippen LogP contribution in [0.2, 0.25) is 4.34 Å². The minimum Gasteiger partial charge on any atom is -0.293 e. The Balaban J connectivity index is 2.65. The summed E-state index contributed by atoms with van der Waals surface area (Å²) >= 11 is 7.24. The molecule has 1 rings (SSSR count). The van der Waals surface area contributed by atoms with E-state index in [1.54, 1.807) is 6.20 Å². The molecule has 17 heavy (non-hydrogen) atoms. The molecule has 1 unspecified atom stereocenters. The molecule has 1 aromatic heterocycles. The number of hydrogen-bond donors (Lipinski definition) is 0. The van der Waals surface area contributed by atoms with Crippen LogP contribution >= 0.6 is 22.9 Å². The minimum atomic E-state index is -2.95. The van der Waals surface area contributed by atoms with Crippen molar-refractivity contribution in [2.45, 2.75) is 26.4 Å². The molecule has 0 bridgehead atoms. The van der Waals surface area contributed by atoms with Crippen LogP contribution in [0.15, 0.2) is 6.20 Å². The fraction of sp³-hybridized carbons (Fsp3) is 0.700. The van der Waals surface area contributed by atoms with Crippen LogP contribution in [0.3, 0.4) is 0 Å². The SMILES string of the molecule is CCN(Cc1ncc(Cl)s1)C(C)CS(C)(=O)=O. The summed E-state index contributed by atoms with van der Waals surface area (Å²) in [5.41, 5.74) is 0. The highest BCUT2D eigenvalue weighted by molar-refractivity contribution is 7.90. The Hall–Kier alpha value is -0.170. The lowest BCUT2D eigenvalue weighted by Crippen LogP contribution is -2.37. The van der Waals surface area contributed by atoms with E-state index in [0.717, 1.165) is 11.6 Å². The van der Waals surface area contributed by atoms with Gasteiger partial charge in [0, 0.05) is 12.3 Å². The molecule has 1 aromatic rings. The Morgan fingerprint density at radius 2 is 2.24 bits per heavy atom. The zero-order valence-electron chi connectivity index (χ0n) is 10.2. The van der Waals surface area contributed by atoms with Gasteiger partial charge in [0.05, 0.1) is 18.5 Å². The fourth-order valence-corrected chi connectivity index (χ4v) is 3.73. The summed E-state index contributed by atoms with van der Waals surface area (Å²) in [6.45, 7) is 5.35. The van der Waals surface area contributed by atoms with Crippen molar-refractivity contribution in [3.8, 4) is 0 Å². The van der Waals surface area contributed by atoms with Crippen LogP contribution in [-0.4, -0.2) is 42.9 Å². The molecule has 0 aliphatic heterocycles. The van der Waals surface area contributed by atoms with Gasteiger partial charge in [0.25, 0.3) is 0 Å². The van der Waals surface area contributed by atoms with E-state index in [2.05, 4.69) is 9.88 Å². The Bertz CT molecular complexity index is 459. The summed E-state index contributed by atoms with van der Waals surface area (Å²) in [5.74, 6) is 0.167. The normalized spacial score (nSPS) is 14.2. The Morgan fingerprint density at radius 3 is 2.65 bits per heavy atom. The quantitative estimate of drug-likeness (QED) is 0.806. The molecule has 1 atom stereocenters. The predicted molar refractivity (Wildman–Crippen MR) is 72.4 cm³/mol. The first-order valence-electron chi connectivity index (χ1n) is 5.33. The van der Waals surface area contributed by atoms with Gasteiger partial charge in [0.15, 0.2) is 0 Å². The van der Waals surface area contributed by atoms with Crippen molar-refractivity contribution in [2.75, 3.05) is 18.6 Å². The minimum absolute atomic E-state index is 0.0160. The molecule has 0 fully saturated rings. The van der Waals surface area contributed by atoms with Gasteiger partial charge in [-0.2, -0.15) is 0 Å². The second-order valence-electron chi connectivity index (χ2n) is 4.06. The van der Waals surface area contributed by atoms with Crippen molar-refractivity contribution in [1.82, 2.24) is 9.88 Å². The van der Waals surface area contributed by atoms with Gasteiger partial charge in [-0.15, -0.1) is 11.3 Å². The van der Waals surface area contributed by atoms with Crippen molar-refractivity contribution in [3.63, 3.8) is 0 Å². The molecule has 0 saturated carbocycles. The molecule has 98 valence electrons. The van der Waals surface area contributed by atoms with Gasteiger partial charge in [0.2, 0.25) is 0 Å². The molecule has 0 amide bonds. The number of nitrogens with zero attached hydrogens (tertiary/aromatic N) is 2. The van der Waals surface area contributed by atoms with E-state index in [1.165, 1.54) is 17.6 Å².